The number of aliphatic hydroxyl groups is 1. The summed E-state index contributed by atoms with van der Waals surface area (Å²) in [7, 11) is -4.22. The molecule has 0 spiro atoms. The second-order valence-corrected chi connectivity index (χ2v) is 7.65. The van der Waals surface area contributed by atoms with E-state index in [1.165, 1.54) is 12.7 Å². The molecule has 0 bridgehead atoms. The molecule has 4 N–H and O–H groups in total. The van der Waals surface area contributed by atoms with E-state index in [4.69, 9.17) is 9.26 Å². The van der Waals surface area contributed by atoms with E-state index in [9.17, 15) is 19.1 Å². The van der Waals surface area contributed by atoms with Crippen molar-refractivity contribution in [3.8, 4) is 0 Å². The Morgan fingerprint density at radius 2 is 2.29 bits per heavy atom. The van der Waals surface area contributed by atoms with E-state index in [2.05, 4.69) is 29.2 Å². The number of fused-ring (bicyclic) bond motifs is 2. The number of phosphoric ester groups is 1. The minimum absolute atomic E-state index is 0.108. The Labute approximate surface area is 137 Å². The summed E-state index contributed by atoms with van der Waals surface area (Å²) >= 11 is -1.88. The maximum Gasteiger partial charge on any atom is 0.472 e. The second-order valence-electron chi connectivity index (χ2n) is 5.09. The van der Waals surface area contributed by atoms with Crippen LogP contribution in [0.2, 0.25) is 0 Å². The van der Waals surface area contributed by atoms with Crippen LogP contribution in [0, 0.1) is 0 Å². The van der Waals surface area contributed by atoms with Gasteiger partial charge in [-0.05, 0) is 0 Å². The van der Waals surface area contributed by atoms with Gasteiger partial charge in [0.15, 0.2) is 17.4 Å². The Bertz CT molecular complexity index is 807. The summed E-state index contributed by atoms with van der Waals surface area (Å²) in [5.74, 6) is 0. The summed E-state index contributed by atoms with van der Waals surface area (Å²) in [6.45, 7) is -0.225. The molecule has 2 aliphatic rings. The summed E-state index contributed by atoms with van der Waals surface area (Å²) in [6, 6.07) is 0. The van der Waals surface area contributed by atoms with Crippen LogP contribution in [0.1, 0.15) is 0 Å². The Kier molecular flexibility index (Phi) is 4.07. The fourth-order valence-electron chi connectivity index (χ4n) is 2.49. The molecule has 24 heavy (non-hydrogen) atoms. The summed E-state index contributed by atoms with van der Waals surface area (Å²) in [5, 5.41) is 10.3. The maximum absolute atomic E-state index is 12.5. The SMILES string of the molecule is O=P1(O)OC[C@H]2OC(N[S+]([O-])c3ncnc4[nH]cnc34)[C@H](O)[C@@H]2O1. The molecule has 2 aromatic heterocycles. The average Bonchev–Trinajstić information content (AvgIpc) is 3.12. The molecule has 0 saturated carbocycles. The first kappa shape index (κ1) is 16.3. The monoisotopic (exact) mass is 377 g/mol. The van der Waals surface area contributed by atoms with Crippen LogP contribution in [0.5, 0.6) is 0 Å². The molecule has 4 heterocycles. The van der Waals surface area contributed by atoms with E-state index in [1.807, 2.05) is 0 Å². The number of ether oxygens (including phenoxy) is 1. The molecule has 2 aromatic rings. The largest absolute Gasteiger partial charge is 0.592 e. The van der Waals surface area contributed by atoms with Crippen LogP contribution < -0.4 is 4.72 Å². The minimum atomic E-state index is -4.22. The van der Waals surface area contributed by atoms with Crippen LogP contribution in [0.25, 0.3) is 11.2 Å². The van der Waals surface area contributed by atoms with Crippen LogP contribution in [0.4, 0.5) is 0 Å². The van der Waals surface area contributed by atoms with Crippen molar-refractivity contribution in [2.24, 2.45) is 0 Å². The van der Waals surface area contributed by atoms with E-state index in [-0.39, 0.29) is 11.6 Å². The van der Waals surface area contributed by atoms with Crippen LogP contribution in [-0.4, -0.2) is 65.6 Å². The van der Waals surface area contributed by atoms with E-state index in [0.29, 0.717) is 11.2 Å². The standard InChI is InChI=1S/C10H12N5O7PS/c16-6-7-4(1-20-23(17,18)22-7)21-9(6)15-24(19)10-5-8(12-2-11-5)13-3-14-10/h2-4,6-7,9,15-16H,1H2,(H,17,18)(H,11,12,13,14)/t4-,6-,7-,9?,24?/m1/s1. The Morgan fingerprint density at radius 3 is 3.12 bits per heavy atom. The third-order valence-corrected chi connectivity index (χ3v) is 5.66. The first-order chi connectivity index (χ1) is 11.4. The van der Waals surface area contributed by atoms with Gasteiger partial charge in [0.2, 0.25) is 0 Å². The number of nitrogens with one attached hydrogen (secondary N) is 2. The number of H-pyrrole nitrogens is 1. The lowest BCUT2D eigenvalue weighted by molar-refractivity contribution is -0.0553. The number of hydrogen-bond donors (Lipinski definition) is 4. The smallest absolute Gasteiger partial charge is 0.472 e. The topological polar surface area (TPSA) is 175 Å². The third kappa shape index (κ3) is 2.83. The number of hydrogen-bond acceptors (Lipinski definition) is 10. The van der Waals surface area contributed by atoms with Crippen molar-refractivity contribution < 1.29 is 32.9 Å². The van der Waals surface area contributed by atoms with Crippen molar-refractivity contribution in [1.82, 2.24) is 24.7 Å². The van der Waals surface area contributed by atoms with Crippen LogP contribution in [0.3, 0.4) is 0 Å². The maximum atomic E-state index is 12.5. The lowest BCUT2D eigenvalue weighted by atomic mass is 10.1. The van der Waals surface area contributed by atoms with Crippen LogP contribution in [-0.2, 0) is 29.7 Å². The molecule has 2 saturated heterocycles. The molecule has 0 aliphatic carbocycles. The zero-order chi connectivity index (χ0) is 16.9. The van der Waals surface area contributed by atoms with Crippen molar-refractivity contribution in [1.29, 1.82) is 0 Å². The van der Waals surface area contributed by atoms with E-state index in [1.54, 1.807) is 0 Å². The van der Waals surface area contributed by atoms with Gasteiger partial charge >= 0.3 is 7.82 Å². The number of phosphoric acid groups is 1. The van der Waals surface area contributed by atoms with E-state index < -0.39 is 43.7 Å². The molecule has 3 unspecified atom stereocenters. The van der Waals surface area contributed by atoms with Crippen molar-refractivity contribution in [3.05, 3.63) is 12.7 Å². The highest BCUT2D eigenvalue weighted by Gasteiger charge is 2.53. The number of aromatic amines is 1. The fraction of sp³-hybridized carbons (Fsp3) is 0.500. The number of aromatic nitrogens is 4. The average molecular weight is 377 g/mol. The molecule has 0 amide bonds. The zero-order valence-corrected chi connectivity index (χ0v) is 13.5. The number of nitrogens with zero attached hydrogens (tertiary/aromatic N) is 3. The molecule has 0 radical (unpaired) electrons. The zero-order valence-electron chi connectivity index (χ0n) is 11.8. The number of imidazole rings is 1. The van der Waals surface area contributed by atoms with Gasteiger partial charge in [-0.15, -0.1) is 4.72 Å². The van der Waals surface area contributed by atoms with Gasteiger partial charge < -0.3 is 24.3 Å². The quantitative estimate of drug-likeness (QED) is 0.280. The van der Waals surface area contributed by atoms with Gasteiger partial charge in [0, 0.05) is 0 Å². The molecule has 6 atom stereocenters. The highest BCUT2D eigenvalue weighted by Crippen LogP contribution is 2.51. The van der Waals surface area contributed by atoms with Gasteiger partial charge in [-0.3, -0.25) is 9.05 Å². The summed E-state index contributed by atoms with van der Waals surface area (Å²) in [6.07, 6.45) is -1.65. The normalized spacial score (nSPS) is 37.5. The molecular formula is C10H12N5O7PS. The molecule has 2 aliphatic heterocycles. The van der Waals surface area contributed by atoms with Gasteiger partial charge in [0.1, 0.15) is 36.0 Å². The molecule has 130 valence electrons. The number of rotatable bonds is 3. The van der Waals surface area contributed by atoms with Crippen molar-refractivity contribution in [2.45, 2.75) is 29.6 Å². The minimum Gasteiger partial charge on any atom is -0.592 e. The van der Waals surface area contributed by atoms with Crippen LogP contribution in [0.15, 0.2) is 17.7 Å². The van der Waals surface area contributed by atoms with Gasteiger partial charge in [-0.25, -0.2) is 14.5 Å². The Morgan fingerprint density at radius 1 is 1.46 bits per heavy atom. The summed E-state index contributed by atoms with van der Waals surface area (Å²) < 4.78 is 41.4. The lowest BCUT2D eigenvalue weighted by Gasteiger charge is -2.27. The first-order valence-electron chi connectivity index (χ1n) is 6.76. The first-order valence-corrected chi connectivity index (χ1v) is 9.40. The summed E-state index contributed by atoms with van der Waals surface area (Å²) in [5.41, 5.74) is 0.724. The number of aliphatic hydroxyl groups excluding tert-OH is 1. The van der Waals surface area contributed by atoms with Crippen molar-refractivity contribution >= 4 is 30.3 Å². The third-order valence-electron chi connectivity index (χ3n) is 3.57. The predicted molar refractivity (Wildman–Crippen MR) is 76.5 cm³/mol. The molecule has 14 heteroatoms. The van der Waals surface area contributed by atoms with E-state index >= 15 is 0 Å². The van der Waals surface area contributed by atoms with Gasteiger partial charge in [0.05, 0.1) is 12.9 Å². The Balaban J connectivity index is 1.51. The molecule has 0 aromatic carbocycles. The van der Waals surface area contributed by atoms with E-state index in [0.717, 1.165) is 0 Å². The molecule has 4 rings (SSSR count). The van der Waals surface area contributed by atoms with Gasteiger partial charge in [-0.2, -0.15) is 4.98 Å². The lowest BCUT2D eigenvalue weighted by Crippen LogP contribution is -2.45. The molecule has 12 nitrogen and oxygen atoms in total. The predicted octanol–water partition coefficient (Wildman–Crippen LogP) is -1.43. The fourth-order valence-corrected chi connectivity index (χ4v) is 4.44. The van der Waals surface area contributed by atoms with Crippen molar-refractivity contribution in [2.75, 3.05) is 6.61 Å². The second kappa shape index (κ2) is 5.98. The van der Waals surface area contributed by atoms with Crippen LogP contribution >= 0.6 is 7.82 Å². The Hall–Kier alpha value is -1.15. The van der Waals surface area contributed by atoms with Gasteiger partial charge in [-0.1, -0.05) is 0 Å². The molecular weight excluding hydrogens is 365 g/mol. The summed E-state index contributed by atoms with van der Waals surface area (Å²) in [4.78, 5) is 23.9. The van der Waals surface area contributed by atoms with Gasteiger partial charge in [0.25, 0.3) is 5.03 Å². The highest BCUT2D eigenvalue weighted by atomic mass is 32.2. The highest BCUT2D eigenvalue weighted by molar-refractivity contribution is 7.89. The molecule has 2 fully saturated rings. The van der Waals surface area contributed by atoms with Crippen molar-refractivity contribution in [3.63, 3.8) is 0 Å².